The average Bonchev–Trinajstić information content (AvgIpc) is 3.31. The van der Waals surface area contributed by atoms with Gasteiger partial charge in [0.1, 0.15) is 0 Å². The molecule has 0 aliphatic heterocycles. The summed E-state index contributed by atoms with van der Waals surface area (Å²) in [5.41, 5.74) is 4.19. The van der Waals surface area contributed by atoms with Crippen LogP contribution in [0.25, 0.3) is 0 Å². The lowest BCUT2D eigenvalue weighted by molar-refractivity contribution is 0.484. The van der Waals surface area contributed by atoms with Gasteiger partial charge in [0.15, 0.2) is 0 Å². The average molecular weight is 300 g/mol. The van der Waals surface area contributed by atoms with Crippen LogP contribution in [-0.2, 0) is 6.42 Å². The maximum absolute atomic E-state index is 5.99. The van der Waals surface area contributed by atoms with Crippen molar-refractivity contribution in [3.63, 3.8) is 0 Å². The second-order valence-electron chi connectivity index (χ2n) is 6.00. The number of hydrogen-bond donors (Lipinski definition) is 1. The van der Waals surface area contributed by atoms with E-state index in [-0.39, 0.29) is 0 Å². The lowest BCUT2D eigenvalue weighted by Crippen LogP contribution is -2.25. The van der Waals surface area contributed by atoms with Crippen molar-refractivity contribution >= 4 is 11.6 Å². The minimum atomic E-state index is 0.478. The number of nitrogens with one attached hydrogen (secondary N) is 1. The number of benzene rings is 2. The maximum atomic E-state index is 5.99. The molecule has 0 saturated heterocycles. The van der Waals surface area contributed by atoms with Crippen molar-refractivity contribution in [3.05, 3.63) is 70.2 Å². The Labute approximate surface area is 132 Å². The predicted molar refractivity (Wildman–Crippen MR) is 89.8 cm³/mol. The number of halogens is 1. The van der Waals surface area contributed by atoms with E-state index in [1.807, 2.05) is 12.1 Å². The zero-order valence-corrected chi connectivity index (χ0v) is 13.2. The van der Waals surface area contributed by atoms with Gasteiger partial charge >= 0.3 is 0 Å². The molecule has 0 amide bonds. The minimum Gasteiger partial charge on any atom is -0.309 e. The summed E-state index contributed by atoms with van der Waals surface area (Å²) < 4.78 is 0. The van der Waals surface area contributed by atoms with E-state index in [0.29, 0.717) is 6.04 Å². The van der Waals surface area contributed by atoms with E-state index in [9.17, 15) is 0 Å². The van der Waals surface area contributed by atoms with Crippen LogP contribution in [-0.4, -0.2) is 6.54 Å². The van der Waals surface area contributed by atoms with Gasteiger partial charge in [-0.15, -0.1) is 0 Å². The molecule has 21 heavy (non-hydrogen) atoms. The van der Waals surface area contributed by atoms with Crippen molar-refractivity contribution in [2.24, 2.45) is 5.92 Å². The number of rotatable bonds is 6. The van der Waals surface area contributed by atoms with Gasteiger partial charge in [0.2, 0.25) is 0 Å². The van der Waals surface area contributed by atoms with E-state index in [4.69, 9.17) is 11.6 Å². The zero-order valence-electron chi connectivity index (χ0n) is 12.5. The van der Waals surface area contributed by atoms with Crippen LogP contribution in [0.5, 0.6) is 0 Å². The van der Waals surface area contributed by atoms with E-state index in [2.05, 4.69) is 48.6 Å². The van der Waals surface area contributed by atoms with Crippen LogP contribution in [0.15, 0.2) is 48.5 Å². The standard InChI is InChI=1S/C19H22ClN/c1-14-4-2-3-5-15(14)12-13-21-19(16-6-7-16)17-8-10-18(20)11-9-17/h2-5,8-11,16,19,21H,6-7,12-13H2,1H3. The Morgan fingerprint density at radius 2 is 1.81 bits per heavy atom. The fourth-order valence-corrected chi connectivity index (χ4v) is 3.04. The molecule has 2 aromatic rings. The van der Waals surface area contributed by atoms with Gasteiger partial charge in [-0.3, -0.25) is 0 Å². The molecule has 1 aliphatic carbocycles. The first kappa shape index (κ1) is 14.6. The fourth-order valence-electron chi connectivity index (χ4n) is 2.91. The Kier molecular flexibility index (Phi) is 4.62. The Bertz CT molecular complexity index is 587. The SMILES string of the molecule is Cc1ccccc1CCNC(c1ccc(Cl)cc1)C1CC1. The van der Waals surface area contributed by atoms with Crippen molar-refractivity contribution in [2.45, 2.75) is 32.2 Å². The molecule has 3 rings (SSSR count). The summed E-state index contributed by atoms with van der Waals surface area (Å²) in [4.78, 5) is 0. The normalized spacial score (nSPS) is 15.9. The maximum Gasteiger partial charge on any atom is 0.0406 e. The highest BCUT2D eigenvalue weighted by atomic mass is 35.5. The number of aryl methyl sites for hydroxylation is 1. The van der Waals surface area contributed by atoms with E-state index < -0.39 is 0 Å². The molecule has 0 radical (unpaired) electrons. The topological polar surface area (TPSA) is 12.0 Å². The second-order valence-corrected chi connectivity index (χ2v) is 6.43. The molecule has 110 valence electrons. The molecule has 1 N–H and O–H groups in total. The Morgan fingerprint density at radius 3 is 2.48 bits per heavy atom. The molecule has 2 aromatic carbocycles. The summed E-state index contributed by atoms with van der Waals surface area (Å²) in [5.74, 6) is 0.794. The van der Waals surface area contributed by atoms with Crippen molar-refractivity contribution in [2.75, 3.05) is 6.54 Å². The first-order valence-electron chi connectivity index (χ1n) is 7.77. The fraction of sp³-hybridized carbons (Fsp3) is 0.368. The van der Waals surface area contributed by atoms with Crippen LogP contribution in [0.1, 0.15) is 35.6 Å². The highest BCUT2D eigenvalue weighted by Crippen LogP contribution is 2.41. The number of hydrogen-bond acceptors (Lipinski definition) is 1. The van der Waals surface area contributed by atoms with Crippen LogP contribution in [0, 0.1) is 12.8 Å². The first-order chi connectivity index (χ1) is 10.2. The highest BCUT2D eigenvalue weighted by Gasteiger charge is 2.31. The lowest BCUT2D eigenvalue weighted by Gasteiger charge is -2.19. The third-order valence-electron chi connectivity index (χ3n) is 4.34. The third-order valence-corrected chi connectivity index (χ3v) is 4.59. The summed E-state index contributed by atoms with van der Waals surface area (Å²) >= 11 is 5.99. The monoisotopic (exact) mass is 299 g/mol. The molecule has 1 saturated carbocycles. The van der Waals surface area contributed by atoms with E-state index in [1.54, 1.807) is 0 Å². The van der Waals surface area contributed by atoms with E-state index >= 15 is 0 Å². The quantitative estimate of drug-likeness (QED) is 0.797. The highest BCUT2D eigenvalue weighted by molar-refractivity contribution is 6.30. The van der Waals surface area contributed by atoms with Gasteiger partial charge in [-0.25, -0.2) is 0 Å². The summed E-state index contributed by atoms with van der Waals surface area (Å²) in [6, 6.07) is 17.4. The molecule has 1 nitrogen and oxygen atoms in total. The van der Waals surface area contributed by atoms with Crippen molar-refractivity contribution in [1.82, 2.24) is 5.32 Å². The van der Waals surface area contributed by atoms with Gasteiger partial charge in [-0.05, 0) is 67.5 Å². The molecule has 0 heterocycles. The molecular weight excluding hydrogens is 278 g/mol. The lowest BCUT2D eigenvalue weighted by atomic mass is 10.0. The summed E-state index contributed by atoms with van der Waals surface area (Å²) in [6.07, 6.45) is 3.76. The molecule has 0 spiro atoms. The van der Waals surface area contributed by atoms with Crippen molar-refractivity contribution in [3.8, 4) is 0 Å². The summed E-state index contributed by atoms with van der Waals surface area (Å²) in [5, 5.41) is 4.56. The van der Waals surface area contributed by atoms with E-state index in [0.717, 1.165) is 23.9 Å². The van der Waals surface area contributed by atoms with Gasteiger partial charge in [-0.1, -0.05) is 48.0 Å². The summed E-state index contributed by atoms with van der Waals surface area (Å²) in [7, 11) is 0. The van der Waals surface area contributed by atoms with Gasteiger partial charge < -0.3 is 5.32 Å². The molecule has 2 heteroatoms. The minimum absolute atomic E-state index is 0.478. The van der Waals surface area contributed by atoms with Gasteiger partial charge in [0.05, 0.1) is 0 Å². The largest absolute Gasteiger partial charge is 0.309 e. The molecular formula is C19H22ClN. The van der Waals surface area contributed by atoms with Gasteiger partial charge in [0.25, 0.3) is 0 Å². The van der Waals surface area contributed by atoms with Crippen LogP contribution >= 0.6 is 11.6 Å². The van der Waals surface area contributed by atoms with Gasteiger partial charge in [0, 0.05) is 11.1 Å². The van der Waals surface area contributed by atoms with Gasteiger partial charge in [-0.2, -0.15) is 0 Å². The van der Waals surface area contributed by atoms with Crippen molar-refractivity contribution < 1.29 is 0 Å². The third kappa shape index (κ3) is 3.87. The molecule has 0 aromatic heterocycles. The van der Waals surface area contributed by atoms with E-state index in [1.165, 1.54) is 29.5 Å². The Hall–Kier alpha value is -1.31. The van der Waals surface area contributed by atoms with Crippen molar-refractivity contribution in [1.29, 1.82) is 0 Å². The molecule has 1 fully saturated rings. The Balaban J connectivity index is 1.61. The van der Waals surface area contributed by atoms with Crippen LogP contribution in [0.3, 0.4) is 0 Å². The van der Waals surface area contributed by atoms with Crippen LogP contribution < -0.4 is 5.32 Å². The molecule has 1 unspecified atom stereocenters. The second kappa shape index (κ2) is 6.64. The molecule has 1 aliphatic rings. The zero-order chi connectivity index (χ0) is 14.7. The molecule has 1 atom stereocenters. The molecule has 0 bridgehead atoms. The summed E-state index contributed by atoms with van der Waals surface area (Å²) in [6.45, 7) is 3.21. The first-order valence-corrected chi connectivity index (χ1v) is 8.15. The van der Waals surface area contributed by atoms with Crippen LogP contribution in [0.2, 0.25) is 5.02 Å². The predicted octanol–water partition coefficient (Wildman–Crippen LogP) is 4.93. The van der Waals surface area contributed by atoms with Crippen LogP contribution in [0.4, 0.5) is 0 Å². The Morgan fingerprint density at radius 1 is 1.10 bits per heavy atom. The smallest absolute Gasteiger partial charge is 0.0406 e.